The van der Waals surface area contributed by atoms with Gasteiger partial charge in [-0.3, -0.25) is 4.79 Å². The van der Waals surface area contributed by atoms with E-state index in [0.717, 1.165) is 17.9 Å². The molecule has 1 aliphatic heterocycles. The average molecular weight is 254 g/mol. The van der Waals surface area contributed by atoms with Crippen molar-refractivity contribution >= 4 is 23.4 Å². The number of thioether (sulfide) groups is 1. The minimum absolute atomic E-state index is 0.207. The topological polar surface area (TPSA) is 41.1 Å². The summed E-state index contributed by atoms with van der Waals surface area (Å²) in [6, 6.07) is 4.73. The third-order valence-electron chi connectivity index (χ3n) is 2.77. The van der Waals surface area contributed by atoms with E-state index in [1.54, 1.807) is 19.2 Å². The summed E-state index contributed by atoms with van der Waals surface area (Å²) in [6.07, 6.45) is 0.987. The molecule has 0 bridgehead atoms. The summed E-state index contributed by atoms with van der Waals surface area (Å²) in [4.78, 5) is 12.0. The molecule has 1 saturated heterocycles. The monoisotopic (exact) mass is 254 g/mol. The van der Waals surface area contributed by atoms with E-state index in [9.17, 15) is 9.18 Å². The number of benzene rings is 1. The molecule has 1 aliphatic rings. The molecule has 92 valence electrons. The van der Waals surface area contributed by atoms with E-state index >= 15 is 0 Å². The van der Waals surface area contributed by atoms with Crippen molar-refractivity contribution in [2.75, 3.05) is 23.9 Å². The van der Waals surface area contributed by atoms with Crippen LogP contribution in [0.1, 0.15) is 16.8 Å². The highest BCUT2D eigenvalue weighted by Crippen LogP contribution is 2.21. The van der Waals surface area contributed by atoms with Crippen LogP contribution in [-0.4, -0.2) is 30.5 Å². The summed E-state index contributed by atoms with van der Waals surface area (Å²) < 4.78 is 13.5. The normalized spacial score (nSPS) is 19.1. The second-order valence-electron chi connectivity index (χ2n) is 3.95. The quantitative estimate of drug-likeness (QED) is 0.868. The van der Waals surface area contributed by atoms with Gasteiger partial charge in [-0.25, -0.2) is 4.39 Å². The molecule has 2 N–H and O–H groups in total. The van der Waals surface area contributed by atoms with Crippen molar-refractivity contribution in [3.8, 4) is 0 Å². The lowest BCUT2D eigenvalue weighted by Gasteiger charge is -2.14. The Bertz CT molecular complexity index is 419. The van der Waals surface area contributed by atoms with E-state index in [0.29, 0.717) is 5.56 Å². The van der Waals surface area contributed by atoms with Gasteiger partial charge in [0.25, 0.3) is 5.91 Å². The molecule has 3 nitrogen and oxygen atoms in total. The molecule has 0 spiro atoms. The molecule has 0 saturated carbocycles. The van der Waals surface area contributed by atoms with Crippen molar-refractivity contribution in [2.24, 2.45) is 0 Å². The molecule has 1 amide bonds. The number of halogens is 1. The number of amides is 1. The Balaban J connectivity index is 2.15. The number of nitrogens with one attached hydrogen (secondary N) is 2. The highest BCUT2D eigenvalue weighted by atomic mass is 32.2. The summed E-state index contributed by atoms with van der Waals surface area (Å²) in [5.41, 5.74) is 0.625. The number of carbonyl (C=O) groups is 1. The molecule has 1 atom stereocenters. The molecular weight excluding hydrogens is 239 g/mol. The van der Waals surface area contributed by atoms with Gasteiger partial charge in [-0.2, -0.15) is 11.8 Å². The first-order valence-electron chi connectivity index (χ1n) is 5.57. The van der Waals surface area contributed by atoms with Crippen LogP contribution in [0, 0.1) is 5.82 Å². The molecule has 1 fully saturated rings. The molecular formula is C12H15FN2OS. The smallest absolute Gasteiger partial charge is 0.253 e. The fraction of sp³-hybridized carbons (Fsp3) is 0.417. The summed E-state index contributed by atoms with van der Waals surface area (Å²) in [7, 11) is 1.61. The molecule has 2 rings (SSSR count). The van der Waals surface area contributed by atoms with E-state index in [1.807, 2.05) is 11.8 Å². The maximum atomic E-state index is 13.5. The molecule has 1 heterocycles. The van der Waals surface area contributed by atoms with E-state index in [4.69, 9.17) is 0 Å². The van der Waals surface area contributed by atoms with Gasteiger partial charge >= 0.3 is 0 Å². The minimum atomic E-state index is -0.402. The second-order valence-corrected chi connectivity index (χ2v) is 5.10. The Kier molecular flexibility index (Phi) is 3.89. The highest BCUT2D eigenvalue weighted by Gasteiger charge is 2.20. The SMILES string of the molecule is CNc1c(F)cccc1C(=O)NC1CCSC1. The average Bonchev–Trinajstić information content (AvgIpc) is 2.81. The Morgan fingerprint density at radius 1 is 1.53 bits per heavy atom. The Hall–Kier alpha value is -1.23. The van der Waals surface area contributed by atoms with Gasteiger partial charge in [-0.1, -0.05) is 6.07 Å². The first kappa shape index (κ1) is 12.2. The molecule has 0 aromatic heterocycles. The molecule has 1 unspecified atom stereocenters. The number of hydrogen-bond donors (Lipinski definition) is 2. The Morgan fingerprint density at radius 2 is 2.35 bits per heavy atom. The van der Waals surface area contributed by atoms with Crippen LogP contribution in [0.3, 0.4) is 0 Å². The largest absolute Gasteiger partial charge is 0.385 e. The summed E-state index contributed by atoms with van der Waals surface area (Å²) >= 11 is 1.83. The molecule has 1 aromatic carbocycles. The second kappa shape index (κ2) is 5.40. The summed E-state index contributed by atoms with van der Waals surface area (Å²) in [5, 5.41) is 5.66. The van der Waals surface area contributed by atoms with Crippen LogP contribution >= 0.6 is 11.8 Å². The molecule has 1 aromatic rings. The lowest BCUT2D eigenvalue weighted by molar-refractivity contribution is 0.0941. The highest BCUT2D eigenvalue weighted by molar-refractivity contribution is 7.99. The number of para-hydroxylation sites is 1. The first-order chi connectivity index (χ1) is 8.22. The van der Waals surface area contributed by atoms with Gasteiger partial charge in [0.1, 0.15) is 5.82 Å². The molecule has 5 heteroatoms. The van der Waals surface area contributed by atoms with Crippen LogP contribution < -0.4 is 10.6 Å². The van der Waals surface area contributed by atoms with Crippen LogP contribution in [0.5, 0.6) is 0 Å². The van der Waals surface area contributed by atoms with Gasteiger partial charge in [0.2, 0.25) is 0 Å². The van der Waals surface area contributed by atoms with Crippen LogP contribution in [-0.2, 0) is 0 Å². The van der Waals surface area contributed by atoms with Gasteiger partial charge in [0.05, 0.1) is 11.3 Å². The maximum Gasteiger partial charge on any atom is 0.253 e. The molecule has 0 aliphatic carbocycles. The predicted octanol–water partition coefficient (Wildman–Crippen LogP) is 2.10. The molecule has 17 heavy (non-hydrogen) atoms. The summed E-state index contributed by atoms with van der Waals surface area (Å²) in [5.74, 6) is 1.41. The minimum Gasteiger partial charge on any atom is -0.385 e. The lowest BCUT2D eigenvalue weighted by Crippen LogP contribution is -2.35. The van der Waals surface area contributed by atoms with Gasteiger partial charge in [-0.05, 0) is 24.3 Å². The zero-order chi connectivity index (χ0) is 12.3. The fourth-order valence-corrected chi connectivity index (χ4v) is 3.03. The van der Waals surface area contributed by atoms with Crippen molar-refractivity contribution in [3.63, 3.8) is 0 Å². The number of anilines is 1. The van der Waals surface area contributed by atoms with E-state index < -0.39 is 5.82 Å². The maximum absolute atomic E-state index is 13.5. The van der Waals surface area contributed by atoms with Crippen molar-refractivity contribution < 1.29 is 9.18 Å². The zero-order valence-electron chi connectivity index (χ0n) is 9.63. The van der Waals surface area contributed by atoms with E-state index in [1.165, 1.54) is 6.07 Å². The Labute approximate surface area is 104 Å². The first-order valence-corrected chi connectivity index (χ1v) is 6.72. The Morgan fingerprint density at radius 3 is 3.00 bits per heavy atom. The van der Waals surface area contributed by atoms with Gasteiger partial charge < -0.3 is 10.6 Å². The van der Waals surface area contributed by atoms with Gasteiger partial charge in [-0.15, -0.1) is 0 Å². The number of rotatable bonds is 3. The van der Waals surface area contributed by atoms with Gasteiger partial charge in [0, 0.05) is 18.8 Å². The van der Waals surface area contributed by atoms with Crippen LogP contribution in [0.4, 0.5) is 10.1 Å². The molecule has 0 radical (unpaired) electrons. The van der Waals surface area contributed by atoms with E-state index in [-0.39, 0.29) is 17.6 Å². The number of hydrogen-bond acceptors (Lipinski definition) is 3. The zero-order valence-corrected chi connectivity index (χ0v) is 10.4. The predicted molar refractivity (Wildman–Crippen MR) is 69.1 cm³/mol. The third kappa shape index (κ3) is 2.72. The van der Waals surface area contributed by atoms with Crippen molar-refractivity contribution in [1.82, 2.24) is 5.32 Å². The fourth-order valence-electron chi connectivity index (χ4n) is 1.88. The standard InChI is InChI=1S/C12H15FN2OS/c1-14-11-9(3-2-4-10(11)13)12(16)15-8-5-6-17-7-8/h2-4,8,14H,5-7H2,1H3,(H,15,16). The van der Waals surface area contributed by atoms with E-state index in [2.05, 4.69) is 10.6 Å². The van der Waals surface area contributed by atoms with Crippen LogP contribution in [0.25, 0.3) is 0 Å². The van der Waals surface area contributed by atoms with Crippen LogP contribution in [0.2, 0.25) is 0 Å². The van der Waals surface area contributed by atoms with Crippen LogP contribution in [0.15, 0.2) is 18.2 Å². The lowest BCUT2D eigenvalue weighted by atomic mass is 10.1. The summed E-state index contributed by atoms with van der Waals surface area (Å²) in [6.45, 7) is 0. The van der Waals surface area contributed by atoms with Crippen molar-refractivity contribution in [1.29, 1.82) is 0 Å². The van der Waals surface area contributed by atoms with Crippen molar-refractivity contribution in [2.45, 2.75) is 12.5 Å². The van der Waals surface area contributed by atoms with Gasteiger partial charge in [0.15, 0.2) is 0 Å². The number of carbonyl (C=O) groups excluding carboxylic acids is 1. The third-order valence-corrected chi connectivity index (χ3v) is 3.94. The van der Waals surface area contributed by atoms with Crippen molar-refractivity contribution in [3.05, 3.63) is 29.6 Å².